The van der Waals surface area contributed by atoms with E-state index in [1.54, 1.807) is 24.3 Å². The third-order valence-electron chi connectivity index (χ3n) is 3.94. The maximum Gasteiger partial charge on any atom is 0.492 e. The molecule has 0 bridgehead atoms. The van der Waals surface area contributed by atoms with Gasteiger partial charge >= 0.3 is 7.12 Å². The van der Waals surface area contributed by atoms with Gasteiger partial charge in [-0.3, -0.25) is 4.68 Å². The van der Waals surface area contributed by atoms with Gasteiger partial charge in [0.2, 0.25) is 0 Å². The van der Waals surface area contributed by atoms with Crippen LogP contribution >= 0.6 is 0 Å². The van der Waals surface area contributed by atoms with Crippen LogP contribution in [0.5, 0.6) is 5.75 Å². The van der Waals surface area contributed by atoms with Crippen LogP contribution in [0.25, 0.3) is 0 Å². The van der Waals surface area contributed by atoms with Gasteiger partial charge in [-0.1, -0.05) is 31.0 Å². The molecule has 0 spiro atoms. The van der Waals surface area contributed by atoms with Crippen molar-refractivity contribution in [2.24, 2.45) is 0 Å². The molecule has 1 aromatic heterocycles. The van der Waals surface area contributed by atoms with Crippen molar-refractivity contribution in [3.05, 3.63) is 42.2 Å². The summed E-state index contributed by atoms with van der Waals surface area (Å²) >= 11 is 0. The van der Waals surface area contributed by atoms with Crippen LogP contribution < -0.4 is 10.2 Å². The van der Waals surface area contributed by atoms with E-state index < -0.39 is 7.12 Å². The highest BCUT2D eigenvalue weighted by molar-refractivity contribution is 6.59. The first-order valence-corrected chi connectivity index (χ1v) is 7.36. The van der Waals surface area contributed by atoms with Crippen LogP contribution in [0.4, 0.5) is 0 Å². The Balaban J connectivity index is 1.65. The van der Waals surface area contributed by atoms with Crippen molar-refractivity contribution < 1.29 is 14.8 Å². The molecule has 1 aromatic carbocycles. The predicted octanol–water partition coefficient (Wildman–Crippen LogP) is 1.26. The van der Waals surface area contributed by atoms with E-state index in [1.807, 2.05) is 16.9 Å². The van der Waals surface area contributed by atoms with Gasteiger partial charge in [-0.15, -0.1) is 0 Å². The number of rotatable bonds is 5. The Kier molecular flexibility index (Phi) is 4.27. The van der Waals surface area contributed by atoms with Crippen molar-refractivity contribution in [3.8, 4) is 5.75 Å². The second kappa shape index (κ2) is 6.32. The molecule has 1 fully saturated rings. The molecule has 3 rings (SSSR count). The fourth-order valence-electron chi connectivity index (χ4n) is 2.80. The zero-order valence-electron chi connectivity index (χ0n) is 11.9. The molecule has 0 aliphatic heterocycles. The van der Waals surface area contributed by atoms with Crippen molar-refractivity contribution in [2.45, 2.75) is 38.3 Å². The van der Waals surface area contributed by atoms with Gasteiger partial charge in [0, 0.05) is 11.7 Å². The van der Waals surface area contributed by atoms with Gasteiger partial charge in [0.1, 0.15) is 12.4 Å². The third-order valence-corrected chi connectivity index (χ3v) is 3.94. The van der Waals surface area contributed by atoms with Crippen molar-refractivity contribution >= 4 is 12.6 Å². The number of para-hydroxylation sites is 1. The van der Waals surface area contributed by atoms with E-state index in [0.29, 0.717) is 23.9 Å². The second-order valence-corrected chi connectivity index (χ2v) is 5.43. The standard InChI is InChI=1S/C15H19BN2O3/c19-16(20)14-7-3-4-8-15(14)21-11-12-9-10-18(17-12)13-5-1-2-6-13/h3-4,7-10,13,19-20H,1-2,5-6,11H2. The Morgan fingerprint density at radius 2 is 1.95 bits per heavy atom. The van der Waals surface area contributed by atoms with Crippen molar-refractivity contribution in [3.63, 3.8) is 0 Å². The lowest BCUT2D eigenvalue weighted by Gasteiger charge is -2.10. The monoisotopic (exact) mass is 286 g/mol. The van der Waals surface area contributed by atoms with Gasteiger partial charge in [-0.25, -0.2) is 0 Å². The van der Waals surface area contributed by atoms with E-state index in [1.165, 1.54) is 25.7 Å². The minimum atomic E-state index is -1.53. The molecule has 2 aromatic rings. The largest absolute Gasteiger partial charge is 0.492 e. The summed E-state index contributed by atoms with van der Waals surface area (Å²) in [5, 5.41) is 23.2. The first-order chi connectivity index (χ1) is 10.2. The Labute approximate surface area is 124 Å². The number of nitrogens with zero attached hydrogens (tertiary/aromatic N) is 2. The van der Waals surface area contributed by atoms with Crippen molar-refractivity contribution in [1.29, 1.82) is 0 Å². The molecule has 5 nitrogen and oxygen atoms in total. The molecule has 0 saturated heterocycles. The first-order valence-electron chi connectivity index (χ1n) is 7.36. The molecule has 6 heteroatoms. The first kappa shape index (κ1) is 14.2. The maximum absolute atomic E-state index is 9.31. The van der Waals surface area contributed by atoms with E-state index >= 15 is 0 Å². The van der Waals surface area contributed by atoms with Gasteiger partial charge in [0.15, 0.2) is 0 Å². The molecule has 110 valence electrons. The van der Waals surface area contributed by atoms with Crippen molar-refractivity contribution in [1.82, 2.24) is 9.78 Å². The average Bonchev–Trinajstić information content (AvgIpc) is 3.16. The van der Waals surface area contributed by atoms with E-state index in [0.717, 1.165) is 5.69 Å². The lowest BCUT2D eigenvalue weighted by molar-refractivity contribution is 0.298. The van der Waals surface area contributed by atoms with E-state index in [2.05, 4.69) is 5.10 Å². The summed E-state index contributed by atoms with van der Waals surface area (Å²) in [6, 6.07) is 9.38. The molecule has 21 heavy (non-hydrogen) atoms. The van der Waals surface area contributed by atoms with Crippen LogP contribution in [-0.2, 0) is 6.61 Å². The molecule has 0 amide bonds. The molecule has 1 saturated carbocycles. The zero-order valence-corrected chi connectivity index (χ0v) is 11.9. The maximum atomic E-state index is 9.31. The zero-order chi connectivity index (χ0) is 14.7. The summed E-state index contributed by atoms with van der Waals surface area (Å²) < 4.78 is 7.69. The summed E-state index contributed by atoms with van der Waals surface area (Å²) in [5.41, 5.74) is 1.22. The topological polar surface area (TPSA) is 67.5 Å². The minimum absolute atomic E-state index is 0.323. The highest BCUT2D eigenvalue weighted by Crippen LogP contribution is 2.28. The lowest BCUT2D eigenvalue weighted by Crippen LogP contribution is -2.31. The molecule has 2 N–H and O–H groups in total. The lowest BCUT2D eigenvalue weighted by atomic mass is 9.79. The van der Waals surface area contributed by atoms with E-state index in [4.69, 9.17) is 4.74 Å². The number of benzene rings is 1. The van der Waals surface area contributed by atoms with Gasteiger partial charge in [0.25, 0.3) is 0 Å². The number of hydrogen-bond donors (Lipinski definition) is 2. The summed E-state index contributed by atoms with van der Waals surface area (Å²) in [7, 11) is -1.53. The van der Waals surface area contributed by atoms with Gasteiger partial charge < -0.3 is 14.8 Å². The Hall–Kier alpha value is -1.79. The SMILES string of the molecule is OB(O)c1ccccc1OCc1ccn(C2CCCC2)n1. The molecule has 1 aliphatic rings. The number of ether oxygens (including phenoxy) is 1. The predicted molar refractivity (Wildman–Crippen MR) is 80.3 cm³/mol. The normalized spacial score (nSPS) is 15.3. The van der Waals surface area contributed by atoms with Crippen LogP contribution in [0.15, 0.2) is 36.5 Å². The Bertz CT molecular complexity index is 594. The molecule has 1 aliphatic carbocycles. The van der Waals surface area contributed by atoms with Crippen LogP contribution in [0.2, 0.25) is 0 Å². The molecule has 0 radical (unpaired) electrons. The summed E-state index contributed by atoms with van der Waals surface area (Å²) in [6.07, 6.45) is 6.95. The quantitative estimate of drug-likeness (QED) is 0.812. The molecular weight excluding hydrogens is 267 g/mol. The third kappa shape index (κ3) is 3.28. The van der Waals surface area contributed by atoms with Crippen molar-refractivity contribution in [2.75, 3.05) is 0 Å². The Morgan fingerprint density at radius 3 is 2.71 bits per heavy atom. The smallest absolute Gasteiger partial charge is 0.488 e. The van der Waals surface area contributed by atoms with Crippen LogP contribution in [0.3, 0.4) is 0 Å². The fraction of sp³-hybridized carbons (Fsp3) is 0.400. The second-order valence-electron chi connectivity index (χ2n) is 5.43. The highest BCUT2D eigenvalue weighted by Gasteiger charge is 2.19. The molecule has 0 atom stereocenters. The van der Waals surface area contributed by atoms with Crippen LogP contribution in [0, 0.1) is 0 Å². The van der Waals surface area contributed by atoms with Gasteiger partial charge in [-0.05, 0) is 25.0 Å². The molecular formula is C15H19BN2O3. The highest BCUT2D eigenvalue weighted by atomic mass is 16.5. The minimum Gasteiger partial charge on any atom is -0.488 e. The van der Waals surface area contributed by atoms with Gasteiger partial charge in [-0.2, -0.15) is 5.10 Å². The summed E-state index contributed by atoms with van der Waals surface area (Å²) in [4.78, 5) is 0. The number of hydrogen-bond acceptors (Lipinski definition) is 4. The van der Waals surface area contributed by atoms with Crippen LogP contribution in [-0.4, -0.2) is 26.9 Å². The number of aromatic nitrogens is 2. The molecule has 1 heterocycles. The van der Waals surface area contributed by atoms with Crippen LogP contribution in [0.1, 0.15) is 37.4 Å². The fourth-order valence-corrected chi connectivity index (χ4v) is 2.80. The van der Waals surface area contributed by atoms with Gasteiger partial charge in [0.05, 0.1) is 11.7 Å². The van der Waals surface area contributed by atoms with E-state index in [-0.39, 0.29) is 0 Å². The molecule has 0 unspecified atom stereocenters. The Morgan fingerprint density at radius 1 is 1.19 bits per heavy atom. The average molecular weight is 286 g/mol. The summed E-state index contributed by atoms with van der Waals surface area (Å²) in [6.45, 7) is 0.323. The van der Waals surface area contributed by atoms with E-state index in [9.17, 15) is 10.0 Å². The summed E-state index contributed by atoms with van der Waals surface area (Å²) in [5.74, 6) is 0.475.